The highest BCUT2D eigenvalue weighted by molar-refractivity contribution is 6.01. The number of carbonyl (C=O) groups excluding carboxylic acids is 1. The Bertz CT molecular complexity index is 1330. The van der Waals surface area contributed by atoms with Gasteiger partial charge in [0.25, 0.3) is 0 Å². The molecular weight excluding hydrogens is 528 g/mol. The van der Waals surface area contributed by atoms with Gasteiger partial charge >= 0.3 is 0 Å². The summed E-state index contributed by atoms with van der Waals surface area (Å²) in [4.78, 5) is 12.3. The average Bonchev–Trinajstić information content (AvgIpc) is 2.93. The molecule has 0 aromatic carbocycles. The third kappa shape index (κ3) is 14.0. The van der Waals surface area contributed by atoms with Gasteiger partial charge in [-0.05, 0) is 79.4 Å². The number of hydrogen-bond acceptors (Lipinski definition) is 3. The van der Waals surface area contributed by atoms with Crippen LogP contribution in [0.25, 0.3) is 0 Å². The first kappa shape index (κ1) is 37.5. The minimum absolute atomic E-state index is 0.414. The van der Waals surface area contributed by atoms with E-state index in [1.165, 1.54) is 22.3 Å². The summed E-state index contributed by atoms with van der Waals surface area (Å²) in [6.07, 6.45) is 32.8. The van der Waals surface area contributed by atoms with Crippen LogP contribution in [-0.2, 0) is 4.79 Å². The molecule has 0 saturated carbocycles. The van der Waals surface area contributed by atoms with Crippen LogP contribution in [-0.4, -0.2) is 28.2 Å². The summed E-state index contributed by atoms with van der Waals surface area (Å²) >= 11 is 0. The Morgan fingerprint density at radius 1 is 0.698 bits per heavy atom. The zero-order valence-corrected chi connectivity index (χ0v) is 28.1. The lowest BCUT2D eigenvalue weighted by Crippen LogP contribution is -2.49. The van der Waals surface area contributed by atoms with Crippen molar-refractivity contribution in [2.75, 3.05) is 0 Å². The highest BCUT2D eigenvalue weighted by atomic mass is 16.3. The number of ketones is 1. The fourth-order valence-electron chi connectivity index (χ4n) is 4.47. The molecule has 0 saturated heterocycles. The Morgan fingerprint density at radius 2 is 1.14 bits per heavy atom. The second-order valence-corrected chi connectivity index (χ2v) is 12.3. The third-order valence-electron chi connectivity index (χ3n) is 7.38. The van der Waals surface area contributed by atoms with Crippen molar-refractivity contribution in [2.45, 2.75) is 94.3 Å². The van der Waals surface area contributed by atoms with Gasteiger partial charge in [-0.1, -0.05) is 145 Å². The molecule has 0 spiro atoms. The van der Waals surface area contributed by atoms with E-state index >= 15 is 0 Å². The number of rotatable bonds is 13. The van der Waals surface area contributed by atoms with Crippen molar-refractivity contribution in [3.8, 4) is 0 Å². The van der Waals surface area contributed by atoms with E-state index in [-0.39, 0.29) is 0 Å². The fourth-order valence-corrected chi connectivity index (χ4v) is 4.47. The summed E-state index contributed by atoms with van der Waals surface area (Å²) in [6.45, 7) is 20.1. The molecule has 3 nitrogen and oxygen atoms in total. The monoisotopic (exact) mass is 582 g/mol. The van der Waals surface area contributed by atoms with Crippen LogP contribution in [0, 0.1) is 5.41 Å². The van der Waals surface area contributed by atoms with Crippen LogP contribution in [0.1, 0.15) is 82.1 Å². The van der Waals surface area contributed by atoms with E-state index in [0.717, 1.165) is 29.6 Å². The minimum Gasteiger partial charge on any atom is -0.389 e. The summed E-state index contributed by atoms with van der Waals surface area (Å²) in [5, 5.41) is 20.4. The summed E-state index contributed by atoms with van der Waals surface area (Å²) < 4.78 is 0. The van der Waals surface area contributed by atoms with Gasteiger partial charge in [-0.3, -0.25) is 4.79 Å². The first-order valence-electron chi connectivity index (χ1n) is 15.2. The Kier molecular flexibility index (Phi) is 16.5. The van der Waals surface area contributed by atoms with Gasteiger partial charge in [0.1, 0.15) is 6.10 Å². The Morgan fingerprint density at radius 3 is 1.63 bits per heavy atom. The van der Waals surface area contributed by atoms with Crippen LogP contribution >= 0.6 is 0 Å². The van der Waals surface area contributed by atoms with E-state index in [1.54, 1.807) is 6.92 Å². The zero-order chi connectivity index (χ0) is 32.6. The Hall–Kier alpha value is -3.53. The Balaban J connectivity index is 2.68. The Labute approximate surface area is 261 Å². The molecule has 0 aromatic heterocycles. The van der Waals surface area contributed by atoms with Crippen LogP contribution in [0.4, 0.5) is 0 Å². The predicted octanol–water partition coefficient (Wildman–Crippen LogP) is 9.89. The minimum atomic E-state index is -1.37. The van der Waals surface area contributed by atoms with E-state index in [4.69, 9.17) is 0 Å². The molecule has 0 heterocycles. The lowest BCUT2D eigenvalue weighted by atomic mass is 9.69. The molecule has 0 unspecified atom stereocenters. The predicted molar refractivity (Wildman–Crippen MR) is 187 cm³/mol. The molecule has 3 heteroatoms. The van der Waals surface area contributed by atoms with E-state index < -0.39 is 23.4 Å². The second-order valence-electron chi connectivity index (χ2n) is 12.3. The van der Waals surface area contributed by atoms with Crippen molar-refractivity contribution in [1.29, 1.82) is 0 Å². The number of hydrogen-bond donors (Lipinski definition) is 2. The molecule has 0 amide bonds. The number of carbonyl (C=O) groups is 1. The highest BCUT2D eigenvalue weighted by Gasteiger charge is 2.44. The summed E-state index contributed by atoms with van der Waals surface area (Å²) in [6, 6.07) is 0. The van der Waals surface area contributed by atoms with Gasteiger partial charge in [-0.15, -0.1) is 0 Å². The largest absolute Gasteiger partial charge is 0.389 e. The van der Waals surface area contributed by atoms with E-state index in [0.29, 0.717) is 5.57 Å². The number of aliphatic hydroxyl groups is 2. The molecule has 2 N–H and O–H groups in total. The lowest BCUT2D eigenvalue weighted by molar-refractivity contribution is -0.135. The molecule has 1 aliphatic rings. The zero-order valence-electron chi connectivity index (χ0n) is 28.1. The first-order valence-corrected chi connectivity index (χ1v) is 15.2. The average molecular weight is 583 g/mol. The summed E-state index contributed by atoms with van der Waals surface area (Å²) in [7, 11) is 0. The van der Waals surface area contributed by atoms with E-state index in [9.17, 15) is 15.0 Å². The van der Waals surface area contributed by atoms with Crippen molar-refractivity contribution >= 4 is 5.78 Å². The van der Waals surface area contributed by atoms with Crippen molar-refractivity contribution < 1.29 is 15.0 Å². The quantitative estimate of drug-likeness (QED) is 0.168. The molecule has 2 atom stereocenters. The molecule has 43 heavy (non-hydrogen) atoms. The molecule has 1 aliphatic carbocycles. The van der Waals surface area contributed by atoms with Gasteiger partial charge in [0.15, 0.2) is 5.78 Å². The van der Waals surface area contributed by atoms with E-state index in [2.05, 4.69) is 89.3 Å². The van der Waals surface area contributed by atoms with Gasteiger partial charge in [-0.2, -0.15) is 0 Å². The van der Waals surface area contributed by atoms with Gasteiger partial charge in [0.05, 0.1) is 6.10 Å². The molecule has 0 aromatic rings. The second kappa shape index (κ2) is 18.9. The molecule has 232 valence electrons. The normalized spacial score (nSPS) is 21.6. The highest BCUT2D eigenvalue weighted by Crippen LogP contribution is 2.40. The SMILES string of the molecule is CC(C)=CCC/C(C)=C/C=C/C(C)=C/C=C/C(C)=C/C=C/C=C(C)/C=C/C=C(C)/C=C/C1=C(C)C(=O)[C@@H](O)[C@H](O)C1(C)C. The van der Waals surface area contributed by atoms with Gasteiger partial charge in [-0.25, -0.2) is 0 Å². The van der Waals surface area contributed by atoms with Gasteiger partial charge in [0.2, 0.25) is 0 Å². The van der Waals surface area contributed by atoms with Crippen LogP contribution in [0.5, 0.6) is 0 Å². The van der Waals surface area contributed by atoms with Crippen molar-refractivity contribution in [3.63, 3.8) is 0 Å². The smallest absolute Gasteiger partial charge is 0.189 e. The lowest BCUT2D eigenvalue weighted by Gasteiger charge is -2.39. The maximum absolute atomic E-state index is 12.3. The van der Waals surface area contributed by atoms with Crippen LogP contribution in [0.15, 0.2) is 142 Å². The molecule has 0 aliphatic heterocycles. The molecule has 0 bridgehead atoms. The summed E-state index contributed by atoms with van der Waals surface area (Å²) in [5.74, 6) is -0.414. The van der Waals surface area contributed by atoms with Crippen LogP contribution in [0.3, 0.4) is 0 Å². The molecule has 1 rings (SSSR count). The topological polar surface area (TPSA) is 57.5 Å². The summed E-state index contributed by atoms with van der Waals surface area (Å²) in [5.41, 5.74) is 7.79. The first-order chi connectivity index (χ1) is 20.2. The number of allylic oxidation sites excluding steroid dienone is 22. The maximum atomic E-state index is 12.3. The van der Waals surface area contributed by atoms with Gasteiger partial charge in [0, 0.05) is 5.41 Å². The number of Topliss-reactive ketones (excluding diaryl/α,β-unsaturated/α-hetero) is 1. The molecule has 0 fully saturated rings. The number of aliphatic hydroxyl groups excluding tert-OH is 2. The molecule has 0 radical (unpaired) electrons. The molecular formula is C40H54O3. The van der Waals surface area contributed by atoms with Gasteiger partial charge < -0.3 is 10.2 Å². The standard InChI is InChI=1S/C40H54O3/c1-29(2)17-13-20-32(5)23-15-25-33(6)24-14-21-30(3)18-11-12-19-31(4)22-16-26-34(7)27-28-36-35(8)37(41)38(42)39(43)40(36,9)10/h11-12,14-19,21-28,38-39,42-43H,13,20H2,1-10H3/b12-11+,21-14+,22-16+,25-15+,28-27+,30-18+,31-19+,32-23+,33-24+,34-26+/t38-,39+/m1/s1. The van der Waals surface area contributed by atoms with Crippen LogP contribution in [0.2, 0.25) is 0 Å². The third-order valence-corrected chi connectivity index (χ3v) is 7.38. The fraction of sp³-hybridized carbons (Fsp3) is 0.375. The maximum Gasteiger partial charge on any atom is 0.189 e. The van der Waals surface area contributed by atoms with Crippen LogP contribution < -0.4 is 0 Å². The van der Waals surface area contributed by atoms with E-state index in [1.807, 2.05) is 70.2 Å². The van der Waals surface area contributed by atoms with Crippen molar-refractivity contribution in [2.24, 2.45) is 5.41 Å². The van der Waals surface area contributed by atoms with Crippen molar-refractivity contribution in [1.82, 2.24) is 0 Å². The van der Waals surface area contributed by atoms with Crippen molar-refractivity contribution in [3.05, 3.63) is 142 Å².